The van der Waals surface area contributed by atoms with E-state index in [2.05, 4.69) is 31.0 Å². The Morgan fingerprint density at radius 1 is 1.20 bits per heavy atom. The third kappa shape index (κ3) is 2.09. The number of hydrogen-bond acceptors (Lipinski definition) is 1. The second-order valence-corrected chi connectivity index (χ2v) is 5.62. The van der Waals surface area contributed by atoms with Crippen LogP contribution in [0.3, 0.4) is 0 Å². The Morgan fingerprint density at radius 2 is 1.95 bits per heavy atom. The van der Waals surface area contributed by atoms with Crippen molar-refractivity contribution in [3.05, 3.63) is 47.2 Å². The molecule has 1 N–H and O–H groups in total. The molecule has 0 atom stereocenters. The molecule has 1 aliphatic carbocycles. The first-order valence-corrected chi connectivity index (χ1v) is 7.59. The zero-order valence-corrected chi connectivity index (χ0v) is 12.2. The largest absolute Gasteiger partial charge is 0.352 e. The molecule has 0 radical (unpaired) electrons. The first-order chi connectivity index (χ1) is 9.74. The molecule has 0 fully saturated rings. The summed E-state index contributed by atoms with van der Waals surface area (Å²) in [5, 5.41) is 1.21. The van der Waals surface area contributed by atoms with E-state index in [0.717, 1.165) is 42.5 Å². The molecule has 104 valence electrons. The van der Waals surface area contributed by atoms with Crippen molar-refractivity contribution in [2.24, 2.45) is 5.92 Å². The highest BCUT2D eigenvalue weighted by Crippen LogP contribution is 2.32. The van der Waals surface area contributed by atoms with Crippen LogP contribution in [0.15, 0.2) is 35.9 Å². The number of aryl methyl sites for hydroxylation is 1. The number of H-pyrrole nitrogens is 1. The lowest BCUT2D eigenvalue weighted by Crippen LogP contribution is -2.14. The van der Waals surface area contributed by atoms with E-state index in [9.17, 15) is 4.79 Å². The molecular formula is C18H21NO. The Bertz CT molecular complexity index is 674. The van der Waals surface area contributed by atoms with E-state index in [-0.39, 0.29) is 5.78 Å². The van der Waals surface area contributed by atoms with Crippen LogP contribution in [0.1, 0.15) is 49.2 Å². The van der Waals surface area contributed by atoms with Crippen LogP contribution in [0.5, 0.6) is 0 Å². The van der Waals surface area contributed by atoms with Gasteiger partial charge in [-0.05, 0) is 48.8 Å². The molecule has 2 nitrogen and oxygen atoms in total. The molecule has 0 saturated heterocycles. The zero-order valence-electron chi connectivity index (χ0n) is 12.2. The first kappa shape index (κ1) is 13.2. The van der Waals surface area contributed by atoms with Gasteiger partial charge >= 0.3 is 0 Å². The second-order valence-electron chi connectivity index (χ2n) is 5.62. The highest BCUT2D eigenvalue weighted by molar-refractivity contribution is 6.12. The number of benzene rings is 1. The zero-order chi connectivity index (χ0) is 14.1. The van der Waals surface area contributed by atoms with Crippen molar-refractivity contribution < 1.29 is 4.79 Å². The Kier molecular flexibility index (Phi) is 3.47. The summed E-state index contributed by atoms with van der Waals surface area (Å²) in [7, 11) is 0. The second kappa shape index (κ2) is 5.28. The van der Waals surface area contributed by atoms with Gasteiger partial charge in [-0.25, -0.2) is 0 Å². The predicted molar refractivity (Wildman–Crippen MR) is 83.1 cm³/mol. The van der Waals surface area contributed by atoms with Crippen molar-refractivity contribution >= 4 is 16.7 Å². The molecular weight excluding hydrogens is 246 g/mol. The molecule has 1 heterocycles. The maximum Gasteiger partial charge on any atom is 0.205 e. The van der Waals surface area contributed by atoms with Gasteiger partial charge < -0.3 is 4.98 Å². The van der Waals surface area contributed by atoms with Gasteiger partial charge in [-0.1, -0.05) is 38.1 Å². The van der Waals surface area contributed by atoms with Gasteiger partial charge in [0.05, 0.1) is 5.69 Å². The van der Waals surface area contributed by atoms with Crippen LogP contribution in [-0.2, 0) is 6.42 Å². The quantitative estimate of drug-likeness (QED) is 0.806. The highest BCUT2D eigenvalue weighted by atomic mass is 16.1. The minimum Gasteiger partial charge on any atom is -0.352 e. The molecule has 0 saturated carbocycles. The van der Waals surface area contributed by atoms with Crippen molar-refractivity contribution in [1.82, 2.24) is 4.98 Å². The molecule has 2 aromatic rings. The fourth-order valence-corrected chi connectivity index (χ4v) is 3.16. The predicted octanol–water partition coefficient (Wildman–Crippen LogP) is 4.66. The van der Waals surface area contributed by atoms with Gasteiger partial charge in [0.1, 0.15) is 0 Å². The summed E-state index contributed by atoms with van der Waals surface area (Å²) < 4.78 is 0. The van der Waals surface area contributed by atoms with E-state index < -0.39 is 0 Å². The molecule has 0 spiro atoms. The highest BCUT2D eigenvalue weighted by Gasteiger charge is 2.25. The lowest BCUT2D eigenvalue weighted by molar-refractivity contribution is 0.102. The smallest absolute Gasteiger partial charge is 0.205 e. The van der Waals surface area contributed by atoms with E-state index in [1.165, 1.54) is 10.9 Å². The van der Waals surface area contributed by atoms with Crippen molar-refractivity contribution in [3.63, 3.8) is 0 Å². The molecule has 3 rings (SSSR count). The number of carbonyl (C=O) groups excluding carboxylic acids is 1. The van der Waals surface area contributed by atoms with Gasteiger partial charge in [0.25, 0.3) is 0 Å². The van der Waals surface area contributed by atoms with Crippen LogP contribution in [0.4, 0.5) is 0 Å². The summed E-state index contributed by atoms with van der Waals surface area (Å²) in [6, 6.07) is 8.20. The number of hydrogen-bond donors (Lipinski definition) is 1. The summed E-state index contributed by atoms with van der Waals surface area (Å²) in [6.07, 6.45) is 6.26. The first-order valence-electron chi connectivity index (χ1n) is 7.59. The summed E-state index contributed by atoms with van der Waals surface area (Å²) in [5.74, 6) is 0.731. The number of nitrogens with one attached hydrogen (secondary N) is 1. The number of fused-ring (bicyclic) bond motifs is 3. The number of aromatic amines is 1. The number of Topliss-reactive ketones (excluding diaryl/α,β-unsaturated/α-hetero) is 1. The SMILES string of the molecule is CCC(/C=C1\CCc2c([nH]c3ccccc23)C1=O)CC. The normalized spacial score (nSPS) is 17.1. The average Bonchev–Trinajstić information content (AvgIpc) is 2.86. The van der Waals surface area contributed by atoms with E-state index in [0.29, 0.717) is 5.92 Å². The number of carbonyl (C=O) groups is 1. The van der Waals surface area contributed by atoms with Crippen LogP contribution in [-0.4, -0.2) is 10.8 Å². The Hall–Kier alpha value is -1.83. The average molecular weight is 267 g/mol. The monoisotopic (exact) mass is 267 g/mol. The Balaban J connectivity index is 2.03. The number of aromatic nitrogens is 1. The van der Waals surface area contributed by atoms with Crippen LogP contribution < -0.4 is 0 Å². The summed E-state index contributed by atoms with van der Waals surface area (Å²) in [6.45, 7) is 4.37. The van der Waals surface area contributed by atoms with Crippen LogP contribution in [0.25, 0.3) is 10.9 Å². The molecule has 0 unspecified atom stereocenters. The van der Waals surface area contributed by atoms with Gasteiger partial charge in [-0.15, -0.1) is 0 Å². The lowest BCUT2D eigenvalue weighted by atomic mass is 9.87. The van der Waals surface area contributed by atoms with Crippen LogP contribution >= 0.6 is 0 Å². The standard InChI is InChI=1S/C18H21NO/c1-3-12(4-2)11-13-9-10-15-14-7-5-6-8-16(14)19-17(15)18(13)20/h5-8,11-12,19H,3-4,9-10H2,1-2H3/b13-11+. The fraction of sp³-hybridized carbons (Fsp3) is 0.389. The molecule has 0 aliphatic heterocycles. The summed E-state index contributed by atoms with van der Waals surface area (Å²) in [5.41, 5.74) is 4.09. The number of ketones is 1. The number of rotatable bonds is 3. The summed E-state index contributed by atoms with van der Waals surface area (Å²) >= 11 is 0. The van der Waals surface area contributed by atoms with Crippen molar-refractivity contribution in [2.45, 2.75) is 39.5 Å². The maximum atomic E-state index is 12.7. The topological polar surface area (TPSA) is 32.9 Å². The van der Waals surface area contributed by atoms with Gasteiger partial charge in [-0.2, -0.15) is 0 Å². The van der Waals surface area contributed by atoms with Crippen LogP contribution in [0, 0.1) is 5.92 Å². The minimum atomic E-state index is 0.203. The van der Waals surface area contributed by atoms with E-state index in [4.69, 9.17) is 0 Å². The van der Waals surface area contributed by atoms with E-state index in [1.807, 2.05) is 18.2 Å². The van der Waals surface area contributed by atoms with E-state index in [1.54, 1.807) is 0 Å². The van der Waals surface area contributed by atoms with E-state index >= 15 is 0 Å². The maximum absolute atomic E-state index is 12.7. The van der Waals surface area contributed by atoms with Gasteiger partial charge in [0.2, 0.25) is 5.78 Å². The van der Waals surface area contributed by atoms with Crippen molar-refractivity contribution in [3.8, 4) is 0 Å². The van der Waals surface area contributed by atoms with Crippen molar-refractivity contribution in [2.75, 3.05) is 0 Å². The van der Waals surface area contributed by atoms with Crippen molar-refractivity contribution in [1.29, 1.82) is 0 Å². The molecule has 1 aliphatic rings. The molecule has 2 heteroatoms. The van der Waals surface area contributed by atoms with Gasteiger partial charge in [0, 0.05) is 10.9 Å². The minimum absolute atomic E-state index is 0.203. The number of allylic oxidation sites excluding steroid dienone is 2. The fourth-order valence-electron chi connectivity index (χ4n) is 3.16. The molecule has 0 amide bonds. The molecule has 20 heavy (non-hydrogen) atoms. The Labute approximate surface area is 119 Å². The third-order valence-electron chi connectivity index (χ3n) is 4.46. The Morgan fingerprint density at radius 3 is 2.70 bits per heavy atom. The third-order valence-corrected chi connectivity index (χ3v) is 4.46. The van der Waals surface area contributed by atoms with Gasteiger partial charge in [0.15, 0.2) is 0 Å². The van der Waals surface area contributed by atoms with Crippen LogP contribution in [0.2, 0.25) is 0 Å². The molecule has 1 aromatic heterocycles. The molecule has 1 aromatic carbocycles. The lowest BCUT2D eigenvalue weighted by Gasteiger charge is -2.16. The molecule has 0 bridgehead atoms. The number of para-hydroxylation sites is 1. The summed E-state index contributed by atoms with van der Waals surface area (Å²) in [4.78, 5) is 16.0. The van der Waals surface area contributed by atoms with Gasteiger partial charge in [-0.3, -0.25) is 4.79 Å².